The van der Waals surface area contributed by atoms with Crippen LogP contribution in [0.4, 0.5) is 0 Å². The summed E-state index contributed by atoms with van der Waals surface area (Å²) in [6.07, 6.45) is -1.88. The van der Waals surface area contributed by atoms with E-state index in [-0.39, 0.29) is 6.54 Å². The summed E-state index contributed by atoms with van der Waals surface area (Å²) in [6.45, 7) is 3.69. The molecule has 0 saturated carbocycles. The predicted molar refractivity (Wildman–Crippen MR) is 64.7 cm³/mol. The van der Waals surface area contributed by atoms with E-state index in [1.807, 2.05) is 30.3 Å². The second kappa shape index (κ2) is 4.38. The van der Waals surface area contributed by atoms with Crippen molar-refractivity contribution in [2.45, 2.75) is 44.7 Å². The number of benzene rings is 1. The lowest BCUT2D eigenvalue weighted by Gasteiger charge is -2.47. The van der Waals surface area contributed by atoms with Crippen molar-refractivity contribution in [2.24, 2.45) is 0 Å². The van der Waals surface area contributed by atoms with Gasteiger partial charge in [-0.3, -0.25) is 0 Å². The highest BCUT2D eigenvalue weighted by Crippen LogP contribution is 2.34. The molecule has 1 unspecified atom stereocenters. The number of aliphatic hydroxyl groups excluding tert-OH is 2. The fourth-order valence-electron chi connectivity index (χ4n) is 2.62. The highest BCUT2D eigenvalue weighted by Gasteiger charge is 2.51. The third-order valence-electron chi connectivity index (χ3n) is 3.99. The minimum absolute atomic E-state index is 0.289. The molecule has 0 aliphatic carbocycles. The molecule has 1 heterocycles. The summed E-state index contributed by atoms with van der Waals surface area (Å²) in [5.41, 5.74) is 0.933. The first-order valence-electron chi connectivity index (χ1n) is 5.95. The minimum Gasteiger partial charge on any atom is -0.632 e. The number of hydrogen-bond acceptors (Lipinski definition) is 3. The number of hydrogen-bond donors (Lipinski definition) is 2. The van der Waals surface area contributed by atoms with Gasteiger partial charge in [-0.1, -0.05) is 30.3 Å². The number of likely N-dealkylation sites (tertiary alicyclic amines) is 1. The zero-order chi connectivity index (χ0) is 12.6. The van der Waals surface area contributed by atoms with Crippen LogP contribution in [0.3, 0.4) is 0 Å². The van der Waals surface area contributed by atoms with E-state index in [2.05, 4.69) is 0 Å². The van der Waals surface area contributed by atoms with Gasteiger partial charge in [0, 0.05) is 5.56 Å². The van der Waals surface area contributed by atoms with Gasteiger partial charge in [-0.2, -0.15) is 0 Å². The van der Waals surface area contributed by atoms with Gasteiger partial charge >= 0.3 is 0 Å². The molecule has 1 fully saturated rings. The first kappa shape index (κ1) is 12.5. The Morgan fingerprint density at radius 2 is 1.53 bits per heavy atom. The molecule has 1 aromatic carbocycles. The minimum atomic E-state index is -0.939. The first-order chi connectivity index (χ1) is 7.97. The van der Waals surface area contributed by atoms with Gasteiger partial charge in [0.2, 0.25) is 0 Å². The van der Waals surface area contributed by atoms with E-state index in [1.54, 1.807) is 13.8 Å². The first-order valence-corrected chi connectivity index (χ1v) is 5.95. The van der Waals surface area contributed by atoms with E-state index in [0.29, 0.717) is 0 Å². The zero-order valence-electron chi connectivity index (χ0n) is 10.2. The molecule has 2 N–H and O–H groups in total. The van der Waals surface area contributed by atoms with Crippen molar-refractivity contribution in [1.82, 2.24) is 0 Å². The maximum atomic E-state index is 12.8. The third-order valence-corrected chi connectivity index (χ3v) is 3.99. The van der Waals surface area contributed by atoms with Gasteiger partial charge in [-0.05, 0) is 13.8 Å². The van der Waals surface area contributed by atoms with Gasteiger partial charge in [0.1, 0.15) is 30.8 Å². The molecule has 0 bridgehead atoms. The van der Waals surface area contributed by atoms with Crippen LogP contribution in [0.1, 0.15) is 19.4 Å². The van der Waals surface area contributed by atoms with E-state index in [9.17, 15) is 15.4 Å². The average Bonchev–Trinajstić information content (AvgIpc) is 2.47. The van der Waals surface area contributed by atoms with Crippen molar-refractivity contribution in [3.8, 4) is 0 Å². The van der Waals surface area contributed by atoms with Crippen molar-refractivity contribution in [3.05, 3.63) is 41.1 Å². The van der Waals surface area contributed by atoms with Crippen molar-refractivity contribution >= 4 is 0 Å². The molecule has 1 aliphatic heterocycles. The van der Waals surface area contributed by atoms with Crippen LogP contribution in [-0.2, 0) is 6.54 Å². The number of hydroxylamine groups is 3. The van der Waals surface area contributed by atoms with Crippen LogP contribution in [0.2, 0.25) is 0 Å². The highest BCUT2D eigenvalue weighted by molar-refractivity contribution is 5.14. The van der Waals surface area contributed by atoms with Gasteiger partial charge in [-0.15, -0.1) is 0 Å². The Morgan fingerprint density at radius 1 is 1.06 bits per heavy atom. The van der Waals surface area contributed by atoms with Crippen LogP contribution in [0.25, 0.3) is 0 Å². The molecular weight excluding hydrogens is 218 g/mol. The van der Waals surface area contributed by atoms with Crippen LogP contribution in [0.15, 0.2) is 30.3 Å². The summed E-state index contributed by atoms with van der Waals surface area (Å²) in [7, 11) is 0. The molecule has 0 radical (unpaired) electrons. The standard InChI is InChI=1S/C13H19NO3/c1-9-12(15)13(16)10(2)14(9,17)8-11-6-4-3-5-7-11/h3-7,9-10,12-13,15-16H,8H2,1-2H3/t9-,10-,12-,13+,14?/m1/s1. The van der Waals surface area contributed by atoms with Crippen molar-refractivity contribution in [3.63, 3.8) is 0 Å². The van der Waals surface area contributed by atoms with Gasteiger partial charge < -0.3 is 20.1 Å². The normalized spacial score (nSPS) is 41.7. The predicted octanol–water partition coefficient (Wildman–Crippen LogP) is 1.01. The van der Waals surface area contributed by atoms with E-state index in [1.165, 1.54) is 0 Å². The molecule has 0 amide bonds. The number of aliphatic hydroxyl groups is 2. The molecule has 0 aromatic heterocycles. The van der Waals surface area contributed by atoms with Crippen LogP contribution in [-0.4, -0.2) is 39.2 Å². The molecule has 1 aromatic rings. The summed E-state index contributed by atoms with van der Waals surface area (Å²) < 4.78 is -0.563. The van der Waals surface area contributed by atoms with Crippen molar-refractivity contribution in [1.29, 1.82) is 0 Å². The van der Waals surface area contributed by atoms with Crippen LogP contribution in [0, 0.1) is 5.21 Å². The largest absolute Gasteiger partial charge is 0.632 e. The van der Waals surface area contributed by atoms with Crippen LogP contribution >= 0.6 is 0 Å². The van der Waals surface area contributed by atoms with E-state index < -0.39 is 28.9 Å². The molecule has 1 aliphatic rings. The van der Waals surface area contributed by atoms with Gasteiger partial charge in [0.15, 0.2) is 0 Å². The highest BCUT2D eigenvalue weighted by atomic mass is 16.6. The summed E-state index contributed by atoms with van der Waals surface area (Å²) in [5, 5.41) is 32.3. The Kier molecular flexibility index (Phi) is 3.23. The smallest absolute Gasteiger partial charge is 0.137 e. The lowest BCUT2D eigenvalue weighted by molar-refractivity contribution is -0.927. The SMILES string of the molecule is C[C@@H]1[C@H](O)[C@H](O)[C@@H](C)[N+]1([O-])Cc1ccccc1. The van der Waals surface area contributed by atoms with Gasteiger partial charge in [0.25, 0.3) is 0 Å². The molecular formula is C13H19NO3. The van der Waals surface area contributed by atoms with Crippen LogP contribution < -0.4 is 0 Å². The zero-order valence-corrected chi connectivity index (χ0v) is 10.2. The summed E-state index contributed by atoms with van der Waals surface area (Å²) in [6, 6.07) is 8.47. The molecule has 4 nitrogen and oxygen atoms in total. The van der Waals surface area contributed by atoms with Crippen LogP contribution in [0.5, 0.6) is 0 Å². The summed E-state index contributed by atoms with van der Waals surface area (Å²) in [5.74, 6) is 0. The van der Waals surface area contributed by atoms with E-state index in [4.69, 9.17) is 0 Å². The fraction of sp³-hybridized carbons (Fsp3) is 0.538. The Hall–Kier alpha value is -0.940. The molecule has 0 spiro atoms. The third kappa shape index (κ3) is 1.98. The topological polar surface area (TPSA) is 63.5 Å². The maximum absolute atomic E-state index is 12.8. The fourth-order valence-corrected chi connectivity index (χ4v) is 2.62. The number of quaternary nitrogens is 1. The van der Waals surface area contributed by atoms with Crippen molar-refractivity contribution < 1.29 is 14.9 Å². The molecule has 17 heavy (non-hydrogen) atoms. The molecule has 94 valence electrons. The molecule has 5 atom stereocenters. The lowest BCUT2D eigenvalue weighted by Crippen LogP contribution is -2.51. The average molecular weight is 237 g/mol. The van der Waals surface area contributed by atoms with Crippen molar-refractivity contribution in [2.75, 3.05) is 0 Å². The summed E-state index contributed by atoms with van der Waals surface area (Å²) in [4.78, 5) is 0. The van der Waals surface area contributed by atoms with Gasteiger partial charge in [-0.25, -0.2) is 0 Å². The van der Waals surface area contributed by atoms with E-state index in [0.717, 1.165) is 5.56 Å². The monoisotopic (exact) mass is 237 g/mol. The molecule has 2 rings (SSSR count). The second-order valence-electron chi connectivity index (χ2n) is 4.96. The number of nitrogens with zero attached hydrogens (tertiary/aromatic N) is 1. The Labute approximate surface area is 101 Å². The van der Waals surface area contributed by atoms with Gasteiger partial charge in [0.05, 0.1) is 0 Å². The maximum Gasteiger partial charge on any atom is 0.137 e. The molecule has 4 heteroatoms. The lowest BCUT2D eigenvalue weighted by atomic mass is 10.1. The second-order valence-corrected chi connectivity index (χ2v) is 4.96. The van der Waals surface area contributed by atoms with E-state index >= 15 is 0 Å². The number of rotatable bonds is 2. The Morgan fingerprint density at radius 3 is 2.00 bits per heavy atom. The molecule has 1 saturated heterocycles. The Balaban J connectivity index is 2.24. The summed E-state index contributed by atoms with van der Waals surface area (Å²) >= 11 is 0. The quantitative estimate of drug-likeness (QED) is 0.596. The Bertz CT molecular complexity index is 368.